The van der Waals surface area contributed by atoms with Gasteiger partial charge in [0.15, 0.2) is 5.82 Å². The molecule has 0 amide bonds. The maximum atomic E-state index is 14.0. The number of aromatic nitrogens is 3. The molecule has 132 valence electrons. The number of hydrogen-bond donors (Lipinski definition) is 1. The summed E-state index contributed by atoms with van der Waals surface area (Å²) in [5.74, 6) is 0.470. The van der Waals surface area contributed by atoms with Gasteiger partial charge >= 0.3 is 0 Å². The Morgan fingerprint density at radius 1 is 1.40 bits per heavy atom. The summed E-state index contributed by atoms with van der Waals surface area (Å²) in [6.07, 6.45) is -0.371. The van der Waals surface area contributed by atoms with Crippen LogP contribution in [0.25, 0.3) is 0 Å². The lowest BCUT2D eigenvalue weighted by Crippen LogP contribution is -2.35. The third kappa shape index (κ3) is 3.94. The summed E-state index contributed by atoms with van der Waals surface area (Å²) >= 11 is 1.61. The molecule has 0 unspecified atom stereocenters. The number of anilines is 1. The first kappa shape index (κ1) is 17.7. The van der Waals surface area contributed by atoms with Gasteiger partial charge in [-0.2, -0.15) is 10.4 Å². The van der Waals surface area contributed by atoms with E-state index < -0.39 is 6.17 Å². The lowest BCUT2D eigenvalue weighted by atomic mass is 10.1. The predicted molar refractivity (Wildman–Crippen MR) is 95.3 cm³/mol. The quantitative estimate of drug-likeness (QED) is 0.883. The van der Waals surface area contributed by atoms with Crippen molar-refractivity contribution in [2.45, 2.75) is 46.0 Å². The molecule has 1 N–H and O–H groups in total. The fraction of sp³-hybridized carbons (Fsp3) is 0.529. The van der Waals surface area contributed by atoms with E-state index >= 15 is 0 Å². The fourth-order valence-electron chi connectivity index (χ4n) is 3.10. The molecule has 1 aliphatic heterocycles. The molecule has 0 radical (unpaired) electrons. The van der Waals surface area contributed by atoms with Crippen LogP contribution in [0.2, 0.25) is 0 Å². The van der Waals surface area contributed by atoms with Crippen molar-refractivity contribution in [2.24, 2.45) is 0 Å². The van der Waals surface area contributed by atoms with E-state index in [4.69, 9.17) is 0 Å². The summed E-state index contributed by atoms with van der Waals surface area (Å²) in [5.41, 5.74) is 3.05. The van der Waals surface area contributed by atoms with E-state index in [1.165, 1.54) is 0 Å². The number of halogens is 1. The zero-order valence-corrected chi connectivity index (χ0v) is 15.4. The van der Waals surface area contributed by atoms with Crippen LogP contribution in [0.1, 0.15) is 33.9 Å². The summed E-state index contributed by atoms with van der Waals surface area (Å²) in [6.45, 7) is 7.23. The summed E-state index contributed by atoms with van der Waals surface area (Å²) in [6, 6.07) is 2.22. The Kier molecular flexibility index (Phi) is 5.25. The lowest BCUT2D eigenvalue weighted by Gasteiger charge is -2.23. The smallest absolute Gasteiger partial charge is 0.166 e. The van der Waals surface area contributed by atoms with Crippen LogP contribution >= 0.6 is 11.3 Å². The molecule has 25 heavy (non-hydrogen) atoms. The van der Waals surface area contributed by atoms with Gasteiger partial charge in [-0.25, -0.2) is 9.37 Å². The van der Waals surface area contributed by atoms with E-state index in [2.05, 4.69) is 31.5 Å². The second-order valence-corrected chi connectivity index (χ2v) is 7.46. The van der Waals surface area contributed by atoms with E-state index in [-0.39, 0.29) is 6.04 Å². The molecule has 0 saturated carbocycles. The number of nitriles is 1. The Labute approximate surface area is 150 Å². The number of hydrogen-bond acceptors (Lipinski definition) is 7. The second kappa shape index (κ2) is 7.42. The maximum Gasteiger partial charge on any atom is 0.166 e. The Morgan fingerprint density at radius 2 is 2.20 bits per heavy atom. The van der Waals surface area contributed by atoms with Crippen LogP contribution in [0, 0.1) is 32.1 Å². The number of nitrogens with zero attached hydrogens (tertiary/aromatic N) is 5. The molecule has 0 bridgehead atoms. The molecule has 0 aliphatic carbocycles. The molecule has 2 aromatic rings. The molecule has 0 aromatic carbocycles. The lowest BCUT2D eigenvalue weighted by molar-refractivity contribution is 0.239. The number of nitrogens with one attached hydrogen (secondary N) is 1. The average Bonchev–Trinajstić information content (AvgIpc) is 3.14. The van der Waals surface area contributed by atoms with E-state index in [1.807, 2.05) is 26.2 Å². The van der Waals surface area contributed by atoms with E-state index in [0.29, 0.717) is 37.4 Å². The Balaban J connectivity index is 1.69. The van der Waals surface area contributed by atoms with Gasteiger partial charge in [0.05, 0.1) is 16.4 Å². The molecule has 8 heteroatoms. The molecule has 6 nitrogen and oxygen atoms in total. The first-order chi connectivity index (χ1) is 12.0. The molecular formula is C17H21FN6S. The fourth-order valence-corrected chi connectivity index (χ4v) is 3.70. The molecule has 3 rings (SSSR count). The molecule has 1 aliphatic rings. The van der Waals surface area contributed by atoms with Crippen LogP contribution in [-0.2, 0) is 6.54 Å². The number of aryl methyl sites for hydroxylation is 2. The molecule has 1 fully saturated rings. The van der Waals surface area contributed by atoms with E-state index in [1.54, 1.807) is 11.3 Å². The molecule has 2 aromatic heterocycles. The zero-order chi connectivity index (χ0) is 18.0. The third-order valence-electron chi connectivity index (χ3n) is 4.58. The van der Waals surface area contributed by atoms with Gasteiger partial charge in [-0.05, 0) is 32.8 Å². The minimum atomic E-state index is -0.840. The molecule has 2 atom stereocenters. The van der Waals surface area contributed by atoms with Crippen LogP contribution in [0.3, 0.4) is 0 Å². The van der Waals surface area contributed by atoms with Gasteiger partial charge in [0.25, 0.3) is 0 Å². The topological polar surface area (TPSA) is 77.7 Å². The van der Waals surface area contributed by atoms with Gasteiger partial charge in [-0.1, -0.05) is 0 Å². The molecular weight excluding hydrogens is 339 g/mol. The number of thiazole rings is 1. The van der Waals surface area contributed by atoms with Gasteiger partial charge in [0.1, 0.15) is 17.8 Å². The van der Waals surface area contributed by atoms with E-state index in [9.17, 15) is 9.65 Å². The molecule has 1 saturated heterocycles. The molecule has 0 spiro atoms. The number of likely N-dealkylation sites (tertiary alicyclic amines) is 1. The van der Waals surface area contributed by atoms with Crippen molar-refractivity contribution >= 4 is 17.2 Å². The average molecular weight is 360 g/mol. The first-order valence-electron chi connectivity index (χ1n) is 8.25. The summed E-state index contributed by atoms with van der Waals surface area (Å²) in [7, 11) is 0. The normalized spacial score (nSPS) is 20.6. The van der Waals surface area contributed by atoms with Crippen molar-refractivity contribution in [1.82, 2.24) is 20.1 Å². The van der Waals surface area contributed by atoms with Crippen molar-refractivity contribution in [3.8, 4) is 6.07 Å². The monoisotopic (exact) mass is 360 g/mol. The first-order valence-corrected chi connectivity index (χ1v) is 9.13. The van der Waals surface area contributed by atoms with Crippen LogP contribution < -0.4 is 5.32 Å². The Bertz CT molecular complexity index is 799. The summed E-state index contributed by atoms with van der Waals surface area (Å²) < 4.78 is 14.0. The highest BCUT2D eigenvalue weighted by Crippen LogP contribution is 2.24. The SMILES string of the molecule is Cc1nc(CN2C[C@@H](F)C[C@H]2CNc2nnc(C)c(C)c2C#N)cs1. The maximum absolute atomic E-state index is 14.0. The van der Waals surface area contributed by atoms with Crippen molar-refractivity contribution in [2.75, 3.05) is 18.4 Å². The summed E-state index contributed by atoms with van der Waals surface area (Å²) in [4.78, 5) is 6.57. The zero-order valence-electron chi connectivity index (χ0n) is 14.6. The van der Waals surface area contributed by atoms with Crippen molar-refractivity contribution in [3.63, 3.8) is 0 Å². The van der Waals surface area contributed by atoms with Gasteiger partial charge in [0, 0.05) is 31.1 Å². The Hall–Kier alpha value is -2.11. The standard InChI is InChI=1S/C17H21FN6S/c1-10-11(2)22-23-17(16(10)5-19)20-6-15-4-13(18)7-24(15)8-14-9-25-12(3)21-14/h9,13,15H,4,6-8H2,1-3H3,(H,20,23)/t13-,15-/m0/s1. The highest BCUT2D eigenvalue weighted by Gasteiger charge is 2.32. The van der Waals surface area contributed by atoms with Gasteiger partial charge in [-0.15, -0.1) is 16.4 Å². The highest BCUT2D eigenvalue weighted by atomic mass is 32.1. The van der Waals surface area contributed by atoms with Crippen LogP contribution in [0.4, 0.5) is 10.2 Å². The highest BCUT2D eigenvalue weighted by molar-refractivity contribution is 7.09. The van der Waals surface area contributed by atoms with Gasteiger partial charge in [0.2, 0.25) is 0 Å². The summed E-state index contributed by atoms with van der Waals surface area (Å²) in [5, 5.41) is 23.8. The minimum Gasteiger partial charge on any atom is -0.366 e. The largest absolute Gasteiger partial charge is 0.366 e. The van der Waals surface area contributed by atoms with Gasteiger partial charge < -0.3 is 5.32 Å². The van der Waals surface area contributed by atoms with Crippen LogP contribution in [-0.4, -0.2) is 45.4 Å². The minimum absolute atomic E-state index is 0.0342. The van der Waals surface area contributed by atoms with Crippen molar-refractivity contribution in [1.29, 1.82) is 5.26 Å². The predicted octanol–water partition coefficient (Wildman–Crippen LogP) is 2.75. The van der Waals surface area contributed by atoms with E-state index in [0.717, 1.165) is 22.0 Å². The van der Waals surface area contributed by atoms with Crippen molar-refractivity contribution in [3.05, 3.63) is 32.9 Å². The third-order valence-corrected chi connectivity index (χ3v) is 5.40. The van der Waals surface area contributed by atoms with Crippen LogP contribution in [0.15, 0.2) is 5.38 Å². The van der Waals surface area contributed by atoms with Crippen LogP contribution in [0.5, 0.6) is 0 Å². The van der Waals surface area contributed by atoms with Gasteiger partial charge in [-0.3, -0.25) is 4.90 Å². The molecule has 3 heterocycles. The second-order valence-electron chi connectivity index (χ2n) is 6.40. The Morgan fingerprint density at radius 3 is 2.88 bits per heavy atom. The number of alkyl halides is 1. The number of rotatable bonds is 5. The van der Waals surface area contributed by atoms with Crippen molar-refractivity contribution < 1.29 is 4.39 Å².